The van der Waals surface area contributed by atoms with Crippen molar-refractivity contribution < 1.29 is 19.6 Å². The van der Waals surface area contributed by atoms with E-state index in [1.165, 1.54) is 18.2 Å². The zero-order valence-electron chi connectivity index (χ0n) is 12.6. The number of benzene rings is 1. The van der Waals surface area contributed by atoms with Crippen LogP contribution in [0.4, 0.5) is 5.69 Å². The van der Waals surface area contributed by atoms with Gasteiger partial charge in [-0.1, -0.05) is 26.0 Å². The van der Waals surface area contributed by atoms with E-state index in [9.17, 15) is 19.7 Å². The van der Waals surface area contributed by atoms with Crippen molar-refractivity contribution in [3.8, 4) is 0 Å². The zero-order chi connectivity index (χ0) is 16.7. The Balaban J connectivity index is 2.57. The van der Waals surface area contributed by atoms with Gasteiger partial charge in [0.25, 0.3) is 5.69 Å². The summed E-state index contributed by atoms with van der Waals surface area (Å²) in [5.41, 5.74) is 0.441. The van der Waals surface area contributed by atoms with E-state index < -0.39 is 16.8 Å². The largest absolute Gasteiger partial charge is 0.481 e. The molecule has 0 radical (unpaired) electrons. The maximum Gasteiger partial charge on any atom is 0.308 e. The van der Waals surface area contributed by atoms with E-state index in [2.05, 4.69) is 5.32 Å². The fourth-order valence-electron chi connectivity index (χ4n) is 2.11. The molecule has 22 heavy (non-hydrogen) atoms. The summed E-state index contributed by atoms with van der Waals surface area (Å²) in [7, 11) is 0. The first-order chi connectivity index (χ1) is 10.3. The first kappa shape index (κ1) is 17.6. The van der Waals surface area contributed by atoms with Gasteiger partial charge in [0.15, 0.2) is 0 Å². The number of rotatable bonds is 8. The number of nitrogens with one attached hydrogen (secondary N) is 1. The first-order valence-electron chi connectivity index (χ1n) is 7.02. The third-order valence-electron chi connectivity index (χ3n) is 3.14. The molecule has 120 valence electrons. The van der Waals surface area contributed by atoms with E-state index in [0.29, 0.717) is 12.0 Å². The topological polar surface area (TPSA) is 110 Å². The van der Waals surface area contributed by atoms with Gasteiger partial charge in [-0.25, -0.2) is 0 Å². The summed E-state index contributed by atoms with van der Waals surface area (Å²) >= 11 is 0. The number of carboxylic acids is 1. The molecule has 0 aromatic heterocycles. The van der Waals surface area contributed by atoms with E-state index >= 15 is 0 Å². The number of nitrogens with zero attached hydrogens (tertiary/aromatic N) is 1. The fraction of sp³-hybridized carbons (Fsp3) is 0.467. The Morgan fingerprint density at radius 2 is 2.05 bits per heavy atom. The van der Waals surface area contributed by atoms with Gasteiger partial charge in [0.05, 0.1) is 17.3 Å². The first-order valence-corrected chi connectivity index (χ1v) is 7.02. The van der Waals surface area contributed by atoms with Crippen LogP contribution in [-0.2, 0) is 16.0 Å². The van der Waals surface area contributed by atoms with Gasteiger partial charge in [-0.2, -0.15) is 0 Å². The van der Waals surface area contributed by atoms with Crippen molar-refractivity contribution in [2.45, 2.75) is 26.7 Å². The number of carboxylic acid groups (broad SMARTS) is 1. The molecule has 0 bridgehead atoms. The van der Waals surface area contributed by atoms with Gasteiger partial charge in [0.2, 0.25) is 5.91 Å². The van der Waals surface area contributed by atoms with Gasteiger partial charge >= 0.3 is 5.97 Å². The van der Waals surface area contributed by atoms with Crippen LogP contribution in [0.15, 0.2) is 24.3 Å². The number of nitro benzene ring substituents is 1. The van der Waals surface area contributed by atoms with E-state index in [0.717, 1.165) is 0 Å². The number of carbonyl (C=O) groups is 2. The normalized spacial score (nSPS) is 12.0. The SMILES string of the molecule is CC(C)CC(CNC(=O)Cc1cccc([N+](=O)[O-])c1)C(=O)O. The third kappa shape index (κ3) is 5.90. The van der Waals surface area contributed by atoms with Crippen LogP contribution in [0.25, 0.3) is 0 Å². The summed E-state index contributed by atoms with van der Waals surface area (Å²) in [6.07, 6.45) is 0.460. The lowest BCUT2D eigenvalue weighted by atomic mass is 9.97. The van der Waals surface area contributed by atoms with Crippen molar-refractivity contribution in [1.82, 2.24) is 5.32 Å². The Morgan fingerprint density at radius 3 is 2.59 bits per heavy atom. The minimum atomic E-state index is -0.940. The molecule has 0 fully saturated rings. The van der Waals surface area contributed by atoms with Crippen molar-refractivity contribution in [1.29, 1.82) is 0 Å². The predicted octanol–water partition coefficient (Wildman–Crippen LogP) is 2.00. The molecule has 0 saturated carbocycles. The van der Waals surface area contributed by atoms with E-state index in [4.69, 9.17) is 5.11 Å². The van der Waals surface area contributed by atoms with Gasteiger partial charge < -0.3 is 10.4 Å². The number of non-ortho nitro benzene ring substituents is 1. The minimum Gasteiger partial charge on any atom is -0.481 e. The summed E-state index contributed by atoms with van der Waals surface area (Å²) in [5.74, 6) is -1.70. The second kappa shape index (κ2) is 8.11. The molecule has 0 aliphatic rings. The highest BCUT2D eigenvalue weighted by Gasteiger charge is 2.19. The number of hydrogen-bond acceptors (Lipinski definition) is 4. The molecule has 2 N–H and O–H groups in total. The van der Waals surface area contributed by atoms with Crippen LogP contribution < -0.4 is 5.32 Å². The molecular formula is C15H20N2O5. The Morgan fingerprint density at radius 1 is 1.36 bits per heavy atom. The Kier molecular flexibility index (Phi) is 6.49. The molecule has 1 aromatic carbocycles. The molecule has 1 rings (SSSR count). The molecule has 7 nitrogen and oxygen atoms in total. The summed E-state index contributed by atoms with van der Waals surface area (Å²) in [5, 5.41) is 22.3. The van der Waals surface area contributed by atoms with Crippen LogP contribution in [0, 0.1) is 22.0 Å². The van der Waals surface area contributed by atoms with E-state index in [1.807, 2.05) is 13.8 Å². The number of aliphatic carboxylic acids is 1. The van der Waals surface area contributed by atoms with Crippen molar-refractivity contribution >= 4 is 17.6 Å². The van der Waals surface area contributed by atoms with E-state index in [-0.39, 0.29) is 30.5 Å². The monoisotopic (exact) mass is 308 g/mol. The Labute approximate surface area is 128 Å². The van der Waals surface area contributed by atoms with Crippen molar-refractivity contribution in [2.75, 3.05) is 6.54 Å². The molecule has 0 saturated heterocycles. The molecular weight excluding hydrogens is 288 g/mol. The van der Waals surface area contributed by atoms with Crippen molar-refractivity contribution in [3.63, 3.8) is 0 Å². The standard InChI is InChI=1S/C15H20N2O5/c1-10(2)6-12(15(19)20)9-16-14(18)8-11-4-3-5-13(7-11)17(21)22/h3-5,7,10,12H,6,8-9H2,1-2H3,(H,16,18)(H,19,20). The predicted molar refractivity (Wildman–Crippen MR) is 80.4 cm³/mol. The smallest absolute Gasteiger partial charge is 0.308 e. The minimum absolute atomic E-state index is 0.0182. The van der Waals surface area contributed by atoms with Crippen LogP contribution in [-0.4, -0.2) is 28.5 Å². The second-order valence-electron chi connectivity index (χ2n) is 5.57. The second-order valence-corrected chi connectivity index (χ2v) is 5.57. The molecule has 0 spiro atoms. The molecule has 1 aromatic rings. The van der Waals surface area contributed by atoms with Gasteiger partial charge in [0.1, 0.15) is 0 Å². The third-order valence-corrected chi connectivity index (χ3v) is 3.14. The van der Waals surface area contributed by atoms with Gasteiger partial charge in [-0.15, -0.1) is 0 Å². The van der Waals surface area contributed by atoms with Crippen LogP contribution in [0.1, 0.15) is 25.8 Å². The number of amides is 1. The summed E-state index contributed by atoms with van der Waals surface area (Å²) in [4.78, 5) is 33.1. The van der Waals surface area contributed by atoms with Crippen molar-refractivity contribution in [2.24, 2.45) is 11.8 Å². The highest BCUT2D eigenvalue weighted by molar-refractivity contribution is 5.79. The van der Waals surface area contributed by atoms with Gasteiger partial charge in [-0.3, -0.25) is 19.7 Å². The number of nitro groups is 1. The van der Waals surface area contributed by atoms with Gasteiger partial charge in [0, 0.05) is 18.7 Å². The highest BCUT2D eigenvalue weighted by Crippen LogP contribution is 2.14. The fourth-order valence-corrected chi connectivity index (χ4v) is 2.11. The summed E-state index contributed by atoms with van der Waals surface area (Å²) < 4.78 is 0. The van der Waals surface area contributed by atoms with Crippen molar-refractivity contribution in [3.05, 3.63) is 39.9 Å². The quantitative estimate of drug-likeness (QED) is 0.564. The molecule has 1 amide bonds. The molecule has 7 heteroatoms. The maximum atomic E-state index is 11.8. The molecule has 1 unspecified atom stereocenters. The summed E-state index contributed by atoms with van der Waals surface area (Å²) in [6.45, 7) is 3.89. The maximum absolute atomic E-state index is 11.8. The lowest BCUT2D eigenvalue weighted by Crippen LogP contribution is -2.34. The number of hydrogen-bond donors (Lipinski definition) is 2. The van der Waals surface area contributed by atoms with Crippen LogP contribution in [0.5, 0.6) is 0 Å². The average Bonchev–Trinajstić information content (AvgIpc) is 2.43. The Bertz CT molecular complexity index is 557. The molecule has 0 aliphatic carbocycles. The molecule has 0 heterocycles. The van der Waals surface area contributed by atoms with Crippen LogP contribution >= 0.6 is 0 Å². The molecule has 1 atom stereocenters. The zero-order valence-corrected chi connectivity index (χ0v) is 12.6. The summed E-state index contributed by atoms with van der Waals surface area (Å²) in [6, 6.07) is 5.82. The lowest BCUT2D eigenvalue weighted by molar-refractivity contribution is -0.384. The lowest BCUT2D eigenvalue weighted by Gasteiger charge is -2.15. The van der Waals surface area contributed by atoms with Crippen LogP contribution in [0.3, 0.4) is 0 Å². The average molecular weight is 308 g/mol. The highest BCUT2D eigenvalue weighted by atomic mass is 16.6. The molecule has 0 aliphatic heterocycles. The Hall–Kier alpha value is -2.44. The van der Waals surface area contributed by atoms with Crippen LogP contribution in [0.2, 0.25) is 0 Å². The van der Waals surface area contributed by atoms with E-state index in [1.54, 1.807) is 6.07 Å². The number of carbonyl (C=O) groups excluding carboxylic acids is 1. The van der Waals surface area contributed by atoms with Gasteiger partial charge in [-0.05, 0) is 17.9 Å².